The zero-order valence-electron chi connectivity index (χ0n) is 15.5. The normalized spacial score (nSPS) is 12.5. The Morgan fingerprint density at radius 2 is 1.44 bits per heavy atom. The second-order valence-corrected chi connectivity index (χ2v) is 5.95. The Labute approximate surface area is 158 Å². The van der Waals surface area contributed by atoms with Crippen LogP contribution in [0.4, 0.5) is 4.79 Å². The van der Waals surface area contributed by atoms with Crippen LogP contribution in [-0.4, -0.2) is 24.5 Å². The molecular weight excluding hydrogens is 344 g/mol. The second-order valence-electron chi connectivity index (χ2n) is 5.95. The summed E-state index contributed by atoms with van der Waals surface area (Å²) in [5.41, 5.74) is 1.32. The van der Waals surface area contributed by atoms with Crippen molar-refractivity contribution in [3.05, 3.63) is 71.8 Å². The summed E-state index contributed by atoms with van der Waals surface area (Å²) >= 11 is 0. The summed E-state index contributed by atoms with van der Waals surface area (Å²) in [6.45, 7) is 4.00. The van der Waals surface area contributed by atoms with Crippen LogP contribution in [0.2, 0.25) is 0 Å². The molecule has 0 aliphatic heterocycles. The maximum absolute atomic E-state index is 12.8. The highest BCUT2D eigenvalue weighted by molar-refractivity contribution is 5.98. The Morgan fingerprint density at radius 3 is 1.96 bits per heavy atom. The standard InChI is InChI=1S/C21H24N2O4/c1-3-17(15-11-7-5-8-12-15)20(25)27-18(16-13-9-6-10-14-16)19(24)23-21(26)22-4-2/h5-14,17-18H,3-4H2,1-2H3,(H2,22,23,24,26)/t17-,18+/m0/s1. The van der Waals surface area contributed by atoms with Gasteiger partial charge in [-0.2, -0.15) is 0 Å². The van der Waals surface area contributed by atoms with Crippen molar-refractivity contribution in [1.29, 1.82) is 0 Å². The Hall–Kier alpha value is -3.15. The van der Waals surface area contributed by atoms with Gasteiger partial charge in [0.25, 0.3) is 5.91 Å². The summed E-state index contributed by atoms with van der Waals surface area (Å²) in [5, 5.41) is 4.70. The molecule has 2 aromatic carbocycles. The molecule has 0 heterocycles. The fourth-order valence-corrected chi connectivity index (χ4v) is 2.71. The third-order valence-corrected chi connectivity index (χ3v) is 4.04. The van der Waals surface area contributed by atoms with Crippen LogP contribution in [0.25, 0.3) is 0 Å². The molecule has 27 heavy (non-hydrogen) atoms. The molecule has 2 rings (SSSR count). The van der Waals surface area contributed by atoms with E-state index in [9.17, 15) is 14.4 Å². The molecule has 3 amide bonds. The number of nitrogens with one attached hydrogen (secondary N) is 2. The zero-order chi connectivity index (χ0) is 19.6. The van der Waals surface area contributed by atoms with Gasteiger partial charge in [-0.25, -0.2) is 4.79 Å². The third-order valence-electron chi connectivity index (χ3n) is 4.04. The minimum atomic E-state index is -1.21. The van der Waals surface area contributed by atoms with E-state index in [1.807, 2.05) is 37.3 Å². The second kappa shape index (κ2) is 10.1. The highest BCUT2D eigenvalue weighted by Crippen LogP contribution is 2.25. The maximum Gasteiger partial charge on any atom is 0.321 e. The van der Waals surface area contributed by atoms with Crippen molar-refractivity contribution in [2.45, 2.75) is 32.3 Å². The molecule has 0 fully saturated rings. The largest absolute Gasteiger partial charge is 0.447 e. The maximum atomic E-state index is 12.8. The number of carbonyl (C=O) groups excluding carboxylic acids is 3. The summed E-state index contributed by atoms with van der Waals surface area (Å²) in [6, 6.07) is 17.3. The van der Waals surface area contributed by atoms with Crippen molar-refractivity contribution in [2.24, 2.45) is 0 Å². The van der Waals surface area contributed by atoms with Crippen molar-refractivity contribution in [1.82, 2.24) is 10.6 Å². The first-order chi connectivity index (χ1) is 13.1. The fraction of sp³-hybridized carbons (Fsp3) is 0.286. The van der Waals surface area contributed by atoms with E-state index in [0.717, 1.165) is 5.56 Å². The van der Waals surface area contributed by atoms with E-state index in [2.05, 4.69) is 10.6 Å². The van der Waals surface area contributed by atoms with Crippen LogP contribution in [0, 0.1) is 0 Å². The predicted molar refractivity (Wildman–Crippen MR) is 102 cm³/mol. The predicted octanol–water partition coefficient (Wildman–Crippen LogP) is 3.31. The van der Waals surface area contributed by atoms with E-state index in [1.54, 1.807) is 37.3 Å². The third kappa shape index (κ3) is 5.67. The van der Waals surface area contributed by atoms with Gasteiger partial charge in [-0.1, -0.05) is 67.6 Å². The molecule has 6 heteroatoms. The van der Waals surface area contributed by atoms with Gasteiger partial charge >= 0.3 is 12.0 Å². The molecule has 2 aromatic rings. The lowest BCUT2D eigenvalue weighted by Crippen LogP contribution is -2.42. The number of amides is 3. The Balaban J connectivity index is 2.22. The summed E-state index contributed by atoms with van der Waals surface area (Å²) in [7, 11) is 0. The number of benzene rings is 2. The van der Waals surface area contributed by atoms with Gasteiger partial charge in [-0.3, -0.25) is 14.9 Å². The van der Waals surface area contributed by atoms with E-state index < -0.39 is 29.9 Å². The molecule has 0 aliphatic carbocycles. The van der Waals surface area contributed by atoms with Gasteiger partial charge in [-0.05, 0) is 18.9 Å². The first-order valence-electron chi connectivity index (χ1n) is 8.95. The van der Waals surface area contributed by atoms with Gasteiger partial charge < -0.3 is 10.1 Å². The van der Waals surface area contributed by atoms with E-state index in [-0.39, 0.29) is 0 Å². The number of carbonyl (C=O) groups is 3. The molecule has 2 N–H and O–H groups in total. The van der Waals surface area contributed by atoms with E-state index in [0.29, 0.717) is 18.5 Å². The average molecular weight is 368 g/mol. The summed E-state index contributed by atoms with van der Waals surface area (Å²) in [6.07, 6.45) is -0.679. The molecule has 0 aliphatic rings. The number of esters is 1. The van der Waals surface area contributed by atoms with Crippen LogP contribution >= 0.6 is 0 Å². The number of hydrogen-bond acceptors (Lipinski definition) is 4. The lowest BCUT2D eigenvalue weighted by Gasteiger charge is -2.21. The molecule has 0 unspecified atom stereocenters. The molecule has 2 atom stereocenters. The van der Waals surface area contributed by atoms with Crippen molar-refractivity contribution in [3.8, 4) is 0 Å². The molecule has 0 aromatic heterocycles. The van der Waals surface area contributed by atoms with Crippen LogP contribution in [0.15, 0.2) is 60.7 Å². The van der Waals surface area contributed by atoms with Gasteiger partial charge in [0.15, 0.2) is 0 Å². The van der Waals surface area contributed by atoms with Crippen molar-refractivity contribution in [2.75, 3.05) is 6.54 Å². The van der Waals surface area contributed by atoms with Crippen LogP contribution in [0.5, 0.6) is 0 Å². The molecule has 0 saturated carbocycles. The minimum Gasteiger partial charge on any atom is -0.447 e. The van der Waals surface area contributed by atoms with Gasteiger partial charge in [0.2, 0.25) is 6.10 Å². The molecular formula is C21H24N2O4. The monoisotopic (exact) mass is 368 g/mol. The van der Waals surface area contributed by atoms with Crippen molar-refractivity contribution >= 4 is 17.9 Å². The first-order valence-corrected chi connectivity index (χ1v) is 8.95. The quantitative estimate of drug-likeness (QED) is 0.735. The smallest absolute Gasteiger partial charge is 0.321 e. The van der Waals surface area contributed by atoms with Crippen LogP contribution < -0.4 is 10.6 Å². The Kier molecular flexibility index (Phi) is 7.55. The van der Waals surface area contributed by atoms with Gasteiger partial charge in [0.05, 0.1) is 5.92 Å². The summed E-state index contributed by atoms with van der Waals surface area (Å²) < 4.78 is 5.55. The SMILES string of the molecule is CCNC(=O)NC(=O)[C@H](OC(=O)[C@@H](CC)c1ccccc1)c1ccccc1. The topological polar surface area (TPSA) is 84.5 Å². The number of rotatable bonds is 7. The van der Waals surface area contributed by atoms with Crippen LogP contribution in [0.3, 0.4) is 0 Å². The highest BCUT2D eigenvalue weighted by Gasteiger charge is 2.30. The van der Waals surface area contributed by atoms with Crippen molar-refractivity contribution in [3.63, 3.8) is 0 Å². The zero-order valence-corrected chi connectivity index (χ0v) is 15.5. The molecule has 0 saturated heterocycles. The van der Waals surface area contributed by atoms with Gasteiger partial charge in [0.1, 0.15) is 0 Å². The van der Waals surface area contributed by atoms with E-state index in [1.165, 1.54) is 0 Å². The molecule has 0 radical (unpaired) electrons. The minimum absolute atomic E-state index is 0.376. The molecule has 0 bridgehead atoms. The Bertz CT molecular complexity index is 762. The number of imide groups is 1. The van der Waals surface area contributed by atoms with Gasteiger partial charge in [-0.15, -0.1) is 0 Å². The first kappa shape index (κ1) is 20.2. The lowest BCUT2D eigenvalue weighted by molar-refractivity contribution is -0.157. The lowest BCUT2D eigenvalue weighted by atomic mass is 9.96. The molecule has 0 spiro atoms. The fourth-order valence-electron chi connectivity index (χ4n) is 2.71. The van der Waals surface area contributed by atoms with E-state index in [4.69, 9.17) is 4.74 Å². The Morgan fingerprint density at radius 1 is 0.889 bits per heavy atom. The van der Waals surface area contributed by atoms with Crippen molar-refractivity contribution < 1.29 is 19.1 Å². The highest BCUT2D eigenvalue weighted by atomic mass is 16.5. The number of hydrogen-bond donors (Lipinski definition) is 2. The van der Waals surface area contributed by atoms with E-state index >= 15 is 0 Å². The molecule has 6 nitrogen and oxygen atoms in total. The summed E-state index contributed by atoms with van der Waals surface area (Å²) in [5.74, 6) is -1.69. The number of urea groups is 1. The number of ether oxygens (including phenoxy) is 1. The molecule has 142 valence electrons. The van der Waals surface area contributed by atoms with Gasteiger partial charge in [0, 0.05) is 12.1 Å². The summed E-state index contributed by atoms with van der Waals surface area (Å²) in [4.78, 5) is 37.0. The van der Waals surface area contributed by atoms with Crippen LogP contribution in [-0.2, 0) is 14.3 Å². The average Bonchev–Trinajstić information content (AvgIpc) is 2.68. The van der Waals surface area contributed by atoms with Crippen LogP contribution in [0.1, 0.15) is 43.4 Å².